The van der Waals surface area contributed by atoms with Crippen molar-refractivity contribution in [2.24, 2.45) is 0 Å². The molecule has 4 bridgehead atoms. The standard InChI is InChI=1S/C29H28FN3O6/c30-23-7-2-1-5-20(23)17-31-28(37)24-15-19-8-11-21(12-9-19)39-22-6-3-4-18(14-22)10-13-26(34)32-25(16-27(35)36)29(38)33-24/h1-9,11-12,14,24-25H,10,13,15-17H2,(H,31,37)(H,32,34)(H,33,38)(H,35,36)/t24-,25-/m0/s1. The summed E-state index contributed by atoms with van der Waals surface area (Å²) in [5.41, 5.74) is 1.78. The van der Waals surface area contributed by atoms with Gasteiger partial charge in [-0.05, 0) is 47.9 Å². The van der Waals surface area contributed by atoms with Crippen LogP contribution in [0, 0.1) is 5.82 Å². The van der Waals surface area contributed by atoms with Crippen LogP contribution < -0.4 is 20.7 Å². The van der Waals surface area contributed by atoms with Gasteiger partial charge in [0.2, 0.25) is 17.7 Å². The molecule has 39 heavy (non-hydrogen) atoms. The first-order chi connectivity index (χ1) is 18.8. The molecule has 5 rings (SSSR count). The summed E-state index contributed by atoms with van der Waals surface area (Å²) in [7, 11) is 0. The third kappa shape index (κ3) is 7.88. The zero-order chi connectivity index (χ0) is 27.8. The van der Waals surface area contributed by atoms with E-state index in [1.54, 1.807) is 48.5 Å². The van der Waals surface area contributed by atoms with Crippen molar-refractivity contribution in [2.75, 3.05) is 0 Å². The van der Waals surface area contributed by atoms with E-state index in [0.717, 1.165) is 5.56 Å². The molecule has 0 aliphatic carbocycles. The average molecular weight is 534 g/mol. The lowest BCUT2D eigenvalue weighted by molar-refractivity contribution is -0.141. The molecule has 3 amide bonds. The van der Waals surface area contributed by atoms with E-state index in [9.17, 15) is 28.7 Å². The van der Waals surface area contributed by atoms with Crippen molar-refractivity contribution >= 4 is 23.7 Å². The Morgan fingerprint density at radius 3 is 2.44 bits per heavy atom. The second kappa shape index (κ2) is 12.7. The second-order valence-corrected chi connectivity index (χ2v) is 9.19. The van der Waals surface area contributed by atoms with Gasteiger partial charge in [0.05, 0.1) is 6.42 Å². The first-order valence-electron chi connectivity index (χ1n) is 12.4. The number of hydrogen-bond donors (Lipinski definition) is 4. The summed E-state index contributed by atoms with van der Waals surface area (Å²) in [6, 6.07) is 17.6. The van der Waals surface area contributed by atoms with Crippen LogP contribution in [0.3, 0.4) is 0 Å². The molecule has 3 aromatic rings. The highest BCUT2D eigenvalue weighted by Crippen LogP contribution is 2.24. The van der Waals surface area contributed by atoms with Crippen molar-refractivity contribution in [3.8, 4) is 11.5 Å². The zero-order valence-electron chi connectivity index (χ0n) is 21.0. The number of hydrogen-bond acceptors (Lipinski definition) is 5. The topological polar surface area (TPSA) is 134 Å². The molecule has 9 nitrogen and oxygen atoms in total. The molecule has 0 fully saturated rings. The van der Waals surface area contributed by atoms with E-state index < -0.39 is 48.0 Å². The SMILES string of the molecule is O=C(O)C[C@@H]1NC(=O)CCc2cccc(c2)Oc2ccc(cc2)C[C@@H](C(=O)NCc2ccccc2F)NC1=O. The van der Waals surface area contributed by atoms with Crippen LogP contribution in [0.1, 0.15) is 29.5 Å². The van der Waals surface area contributed by atoms with E-state index >= 15 is 0 Å². The lowest BCUT2D eigenvalue weighted by Gasteiger charge is -2.23. The summed E-state index contributed by atoms with van der Waals surface area (Å²) in [6.07, 6.45) is -0.268. The van der Waals surface area contributed by atoms with Crippen LogP contribution in [0.5, 0.6) is 11.5 Å². The molecule has 0 spiro atoms. The number of aliphatic carboxylic acids is 1. The van der Waals surface area contributed by atoms with Crippen molar-refractivity contribution in [3.05, 3.63) is 95.3 Å². The molecule has 2 atom stereocenters. The van der Waals surface area contributed by atoms with Crippen LogP contribution in [-0.4, -0.2) is 40.9 Å². The van der Waals surface area contributed by atoms with Gasteiger partial charge in [0.1, 0.15) is 29.4 Å². The lowest BCUT2D eigenvalue weighted by Crippen LogP contribution is -2.55. The van der Waals surface area contributed by atoms with Gasteiger partial charge in [0.15, 0.2) is 0 Å². The number of benzene rings is 3. The van der Waals surface area contributed by atoms with E-state index in [2.05, 4.69) is 16.0 Å². The van der Waals surface area contributed by atoms with Gasteiger partial charge in [0, 0.05) is 24.9 Å². The predicted octanol–water partition coefficient (Wildman–Crippen LogP) is 2.87. The number of rotatable bonds is 5. The van der Waals surface area contributed by atoms with Crippen LogP contribution in [0.4, 0.5) is 4.39 Å². The minimum atomic E-state index is -1.40. The van der Waals surface area contributed by atoms with Crippen molar-refractivity contribution in [3.63, 3.8) is 0 Å². The fourth-order valence-electron chi connectivity index (χ4n) is 4.17. The van der Waals surface area contributed by atoms with Crippen LogP contribution in [0.15, 0.2) is 72.8 Å². The second-order valence-electron chi connectivity index (χ2n) is 9.19. The molecule has 2 aliphatic rings. The summed E-state index contributed by atoms with van der Waals surface area (Å²) < 4.78 is 20.0. The Hall–Kier alpha value is -4.73. The molecule has 202 valence electrons. The van der Waals surface area contributed by atoms with Gasteiger partial charge in [-0.1, -0.05) is 42.5 Å². The van der Waals surface area contributed by atoms with E-state index in [1.807, 2.05) is 6.07 Å². The number of aryl methyl sites for hydroxylation is 1. The molecule has 0 radical (unpaired) electrons. The third-order valence-corrected chi connectivity index (χ3v) is 6.21. The smallest absolute Gasteiger partial charge is 0.305 e. The minimum absolute atomic E-state index is 0.00765. The first kappa shape index (κ1) is 27.3. The maximum absolute atomic E-state index is 14.1. The van der Waals surface area contributed by atoms with E-state index in [1.165, 1.54) is 18.2 Å². The molecule has 0 unspecified atom stereocenters. The Labute approximate surface area is 224 Å². The summed E-state index contributed by atoms with van der Waals surface area (Å²) in [5.74, 6) is -2.56. The molecule has 2 heterocycles. The lowest BCUT2D eigenvalue weighted by atomic mass is 10.0. The van der Waals surface area contributed by atoms with Gasteiger partial charge in [-0.15, -0.1) is 0 Å². The van der Waals surface area contributed by atoms with Gasteiger partial charge >= 0.3 is 5.97 Å². The Morgan fingerprint density at radius 2 is 1.69 bits per heavy atom. The van der Waals surface area contributed by atoms with Crippen molar-refractivity contribution < 1.29 is 33.4 Å². The van der Waals surface area contributed by atoms with Crippen LogP contribution >= 0.6 is 0 Å². The van der Waals surface area contributed by atoms with Gasteiger partial charge < -0.3 is 25.8 Å². The highest BCUT2D eigenvalue weighted by atomic mass is 19.1. The number of halogens is 1. The number of nitrogens with one attached hydrogen (secondary N) is 3. The zero-order valence-corrected chi connectivity index (χ0v) is 21.0. The van der Waals surface area contributed by atoms with Gasteiger partial charge in [0.25, 0.3) is 0 Å². The normalized spacial score (nSPS) is 17.8. The number of fused-ring (bicyclic) bond motifs is 10. The van der Waals surface area contributed by atoms with Crippen molar-refractivity contribution in [1.82, 2.24) is 16.0 Å². The molecule has 3 aromatic carbocycles. The van der Waals surface area contributed by atoms with Gasteiger partial charge in [-0.25, -0.2) is 4.39 Å². The number of carbonyl (C=O) groups is 4. The number of carboxylic acid groups (broad SMARTS) is 1. The quantitative estimate of drug-likeness (QED) is 0.399. The Kier molecular flexibility index (Phi) is 8.88. The number of amides is 3. The van der Waals surface area contributed by atoms with E-state index in [-0.39, 0.29) is 24.9 Å². The highest BCUT2D eigenvalue weighted by Gasteiger charge is 2.29. The van der Waals surface area contributed by atoms with Gasteiger partial charge in [-0.3, -0.25) is 19.2 Å². The summed E-state index contributed by atoms with van der Waals surface area (Å²) in [6.45, 7) is -0.113. The summed E-state index contributed by atoms with van der Waals surface area (Å²) >= 11 is 0. The third-order valence-electron chi connectivity index (χ3n) is 6.21. The van der Waals surface area contributed by atoms with Crippen molar-refractivity contribution in [2.45, 2.75) is 44.3 Å². The number of carbonyl (C=O) groups excluding carboxylic acids is 3. The molecule has 10 heteroatoms. The molecule has 2 aliphatic heterocycles. The summed E-state index contributed by atoms with van der Waals surface area (Å²) in [5, 5.41) is 17.0. The molecule has 0 saturated carbocycles. The first-order valence-corrected chi connectivity index (χ1v) is 12.4. The molecule has 4 N–H and O–H groups in total. The molecule has 0 saturated heterocycles. The fraction of sp³-hybridized carbons (Fsp3) is 0.241. The fourth-order valence-corrected chi connectivity index (χ4v) is 4.17. The van der Waals surface area contributed by atoms with E-state index in [0.29, 0.717) is 23.5 Å². The van der Waals surface area contributed by atoms with Crippen molar-refractivity contribution in [1.29, 1.82) is 0 Å². The Morgan fingerprint density at radius 1 is 0.923 bits per heavy atom. The van der Waals surface area contributed by atoms with Crippen LogP contribution in [0.25, 0.3) is 0 Å². The molecular weight excluding hydrogens is 505 g/mol. The molecular formula is C29H28FN3O6. The van der Waals surface area contributed by atoms with Gasteiger partial charge in [-0.2, -0.15) is 0 Å². The largest absolute Gasteiger partial charge is 0.481 e. The average Bonchev–Trinajstić information content (AvgIpc) is 2.91. The predicted molar refractivity (Wildman–Crippen MR) is 139 cm³/mol. The number of carboxylic acids is 1. The molecule has 0 aromatic heterocycles. The maximum Gasteiger partial charge on any atom is 0.305 e. The highest BCUT2D eigenvalue weighted by molar-refractivity contribution is 5.94. The van der Waals surface area contributed by atoms with Crippen LogP contribution in [-0.2, 0) is 38.6 Å². The minimum Gasteiger partial charge on any atom is -0.481 e. The van der Waals surface area contributed by atoms with Crippen LogP contribution in [0.2, 0.25) is 0 Å². The maximum atomic E-state index is 14.1. The summed E-state index contributed by atoms with van der Waals surface area (Å²) in [4.78, 5) is 50.4. The van der Waals surface area contributed by atoms with E-state index in [4.69, 9.17) is 4.74 Å². The Bertz CT molecular complexity index is 1360. The number of ether oxygens (including phenoxy) is 1. The Balaban J connectivity index is 1.61. The monoisotopic (exact) mass is 533 g/mol.